The second-order valence-electron chi connectivity index (χ2n) is 3.25. The zero-order valence-corrected chi connectivity index (χ0v) is 9.45. The van der Waals surface area contributed by atoms with Crippen LogP contribution in [0.1, 0.15) is 5.56 Å². The molecular weight excluding hydrogens is 242 g/mol. The van der Waals surface area contributed by atoms with Crippen LogP contribution in [0.4, 0.5) is 0 Å². The van der Waals surface area contributed by atoms with E-state index in [2.05, 4.69) is 10.1 Å². The summed E-state index contributed by atoms with van der Waals surface area (Å²) in [6.45, 7) is 0. The lowest BCUT2D eigenvalue weighted by molar-refractivity contribution is 0.494. The summed E-state index contributed by atoms with van der Waals surface area (Å²) >= 11 is 0. The summed E-state index contributed by atoms with van der Waals surface area (Å²) in [7, 11) is -4.08. The highest BCUT2D eigenvalue weighted by molar-refractivity contribution is 7.88. The van der Waals surface area contributed by atoms with Crippen LogP contribution in [0.2, 0.25) is 0 Å². The normalized spacial score (nSPS) is 12.1. The maximum absolute atomic E-state index is 10.5. The summed E-state index contributed by atoms with van der Waals surface area (Å²) in [4.78, 5) is 3.82. The van der Waals surface area contributed by atoms with Crippen LogP contribution in [0.15, 0.2) is 42.3 Å². The first-order valence-electron chi connectivity index (χ1n) is 4.65. The Bertz CT molecular complexity index is 615. The van der Waals surface area contributed by atoms with Crippen molar-refractivity contribution in [2.75, 3.05) is 0 Å². The molecule has 0 aliphatic carbocycles. The Labute approximate surface area is 98.0 Å². The van der Waals surface area contributed by atoms with Gasteiger partial charge in [0.1, 0.15) is 12.7 Å². The minimum atomic E-state index is -4.08. The molecule has 0 saturated heterocycles. The van der Waals surface area contributed by atoms with E-state index in [0.717, 1.165) is 11.1 Å². The first-order chi connectivity index (χ1) is 8.04. The minimum Gasteiger partial charge on any atom is -0.282 e. The second-order valence-corrected chi connectivity index (χ2v) is 4.55. The SMILES string of the molecule is O=S(=O)(O)C=Cc1ccc(-n2cncn2)cc1. The van der Waals surface area contributed by atoms with Gasteiger partial charge < -0.3 is 0 Å². The lowest BCUT2D eigenvalue weighted by Gasteiger charge is -2.00. The predicted octanol–water partition coefficient (Wildman–Crippen LogP) is 1.13. The Balaban J connectivity index is 2.22. The van der Waals surface area contributed by atoms with Crippen LogP contribution in [-0.4, -0.2) is 27.7 Å². The molecule has 88 valence electrons. The molecule has 6 nitrogen and oxygen atoms in total. The average Bonchev–Trinajstić information content (AvgIpc) is 2.79. The number of benzene rings is 1. The molecule has 1 N–H and O–H groups in total. The van der Waals surface area contributed by atoms with E-state index in [1.54, 1.807) is 35.3 Å². The van der Waals surface area contributed by atoms with Crippen molar-refractivity contribution in [2.45, 2.75) is 0 Å². The molecule has 0 fully saturated rings. The molecule has 0 atom stereocenters. The Morgan fingerprint density at radius 3 is 2.47 bits per heavy atom. The van der Waals surface area contributed by atoms with E-state index in [4.69, 9.17) is 4.55 Å². The molecule has 0 amide bonds. The van der Waals surface area contributed by atoms with E-state index in [9.17, 15) is 8.42 Å². The van der Waals surface area contributed by atoms with E-state index in [-0.39, 0.29) is 0 Å². The summed E-state index contributed by atoms with van der Waals surface area (Å²) in [5, 5.41) is 4.69. The van der Waals surface area contributed by atoms with Crippen LogP contribution >= 0.6 is 0 Å². The van der Waals surface area contributed by atoms with Crippen molar-refractivity contribution < 1.29 is 13.0 Å². The number of hydrogen-bond donors (Lipinski definition) is 1. The fourth-order valence-electron chi connectivity index (χ4n) is 1.24. The van der Waals surface area contributed by atoms with Crippen molar-refractivity contribution in [1.29, 1.82) is 0 Å². The van der Waals surface area contributed by atoms with Gasteiger partial charge in [-0.25, -0.2) is 9.67 Å². The van der Waals surface area contributed by atoms with Gasteiger partial charge in [0.2, 0.25) is 0 Å². The summed E-state index contributed by atoms with van der Waals surface area (Å²) in [6, 6.07) is 6.94. The summed E-state index contributed by atoms with van der Waals surface area (Å²) < 4.78 is 31.1. The number of hydrogen-bond acceptors (Lipinski definition) is 4. The molecule has 0 unspecified atom stereocenters. The molecule has 17 heavy (non-hydrogen) atoms. The first-order valence-corrected chi connectivity index (χ1v) is 6.15. The summed E-state index contributed by atoms with van der Waals surface area (Å²) in [5.74, 6) is 0. The molecule has 0 spiro atoms. The standard InChI is InChI=1S/C10H9N3O3S/c14-17(15,16)6-5-9-1-3-10(4-2-9)13-8-11-7-12-13/h1-8H,(H,14,15,16). The van der Waals surface area contributed by atoms with E-state index in [1.165, 1.54) is 12.4 Å². The van der Waals surface area contributed by atoms with Gasteiger partial charge in [-0.2, -0.15) is 13.5 Å². The van der Waals surface area contributed by atoms with Crippen molar-refractivity contribution in [3.05, 3.63) is 47.9 Å². The molecule has 2 rings (SSSR count). The van der Waals surface area contributed by atoms with Crippen LogP contribution in [0.3, 0.4) is 0 Å². The molecule has 7 heteroatoms. The molecule has 0 bridgehead atoms. The number of nitrogens with zero attached hydrogens (tertiary/aromatic N) is 3. The third-order valence-electron chi connectivity index (χ3n) is 2.01. The topological polar surface area (TPSA) is 85.1 Å². The van der Waals surface area contributed by atoms with Gasteiger partial charge in [-0.05, 0) is 23.8 Å². The maximum atomic E-state index is 10.5. The van der Waals surface area contributed by atoms with Crippen LogP contribution in [0.5, 0.6) is 0 Å². The van der Waals surface area contributed by atoms with Gasteiger partial charge in [-0.3, -0.25) is 4.55 Å². The zero-order valence-electron chi connectivity index (χ0n) is 8.63. The van der Waals surface area contributed by atoms with Gasteiger partial charge in [0.25, 0.3) is 10.1 Å². The van der Waals surface area contributed by atoms with Crippen LogP contribution in [0, 0.1) is 0 Å². The van der Waals surface area contributed by atoms with Gasteiger partial charge in [0.15, 0.2) is 0 Å². The Hall–Kier alpha value is -1.99. The summed E-state index contributed by atoms with van der Waals surface area (Å²) in [5.41, 5.74) is 1.47. The fraction of sp³-hybridized carbons (Fsp3) is 0. The fourth-order valence-corrected chi connectivity index (χ4v) is 1.57. The van der Waals surface area contributed by atoms with Crippen LogP contribution in [-0.2, 0) is 10.1 Å². The molecule has 0 aliphatic rings. The number of aromatic nitrogens is 3. The van der Waals surface area contributed by atoms with Crippen molar-refractivity contribution in [1.82, 2.24) is 14.8 Å². The molecular formula is C10H9N3O3S. The van der Waals surface area contributed by atoms with Crippen molar-refractivity contribution in [3.63, 3.8) is 0 Å². The molecule has 1 aromatic heterocycles. The average molecular weight is 251 g/mol. The molecule has 0 saturated carbocycles. The van der Waals surface area contributed by atoms with Gasteiger partial charge >= 0.3 is 0 Å². The van der Waals surface area contributed by atoms with E-state index in [0.29, 0.717) is 5.56 Å². The third kappa shape index (κ3) is 3.23. The molecule has 0 radical (unpaired) electrons. The largest absolute Gasteiger partial charge is 0.287 e. The van der Waals surface area contributed by atoms with E-state index < -0.39 is 10.1 Å². The van der Waals surface area contributed by atoms with E-state index >= 15 is 0 Å². The first kappa shape index (κ1) is 11.5. The Morgan fingerprint density at radius 1 is 1.24 bits per heavy atom. The van der Waals surface area contributed by atoms with Crippen LogP contribution in [0.25, 0.3) is 11.8 Å². The van der Waals surface area contributed by atoms with Gasteiger partial charge in [0.05, 0.1) is 11.1 Å². The van der Waals surface area contributed by atoms with Gasteiger partial charge in [-0.1, -0.05) is 12.1 Å². The smallest absolute Gasteiger partial charge is 0.282 e. The highest BCUT2D eigenvalue weighted by atomic mass is 32.2. The summed E-state index contributed by atoms with van der Waals surface area (Å²) in [6.07, 6.45) is 4.29. The van der Waals surface area contributed by atoms with Gasteiger partial charge in [-0.15, -0.1) is 0 Å². The zero-order chi connectivity index (χ0) is 12.3. The van der Waals surface area contributed by atoms with Crippen molar-refractivity contribution >= 4 is 16.2 Å². The highest BCUT2D eigenvalue weighted by Crippen LogP contribution is 2.09. The van der Waals surface area contributed by atoms with E-state index in [1.807, 2.05) is 0 Å². The quantitative estimate of drug-likeness (QED) is 0.826. The lowest BCUT2D eigenvalue weighted by atomic mass is 10.2. The van der Waals surface area contributed by atoms with Gasteiger partial charge in [0, 0.05) is 0 Å². The monoisotopic (exact) mass is 251 g/mol. The van der Waals surface area contributed by atoms with Crippen molar-refractivity contribution in [2.24, 2.45) is 0 Å². The molecule has 1 aromatic carbocycles. The maximum Gasteiger partial charge on any atom is 0.287 e. The van der Waals surface area contributed by atoms with Crippen molar-refractivity contribution in [3.8, 4) is 5.69 Å². The molecule has 0 aliphatic heterocycles. The Kier molecular flexibility index (Phi) is 3.03. The Morgan fingerprint density at radius 2 is 1.94 bits per heavy atom. The van der Waals surface area contributed by atoms with Crippen LogP contribution < -0.4 is 0 Å². The highest BCUT2D eigenvalue weighted by Gasteiger charge is 1.98. The lowest BCUT2D eigenvalue weighted by Crippen LogP contribution is -1.93. The second kappa shape index (κ2) is 4.48. The molecule has 2 aromatic rings. The third-order valence-corrected chi connectivity index (χ3v) is 2.49. The minimum absolute atomic E-state index is 0.659. The predicted molar refractivity (Wildman–Crippen MR) is 61.9 cm³/mol. The number of rotatable bonds is 3. The molecule has 1 heterocycles.